The van der Waals surface area contributed by atoms with Crippen molar-refractivity contribution in [3.8, 4) is 0 Å². The van der Waals surface area contributed by atoms with E-state index in [1.54, 1.807) is 41.4 Å². The van der Waals surface area contributed by atoms with Gasteiger partial charge in [0.1, 0.15) is 5.82 Å². The molecule has 0 saturated carbocycles. The second kappa shape index (κ2) is 5.69. The lowest BCUT2D eigenvalue weighted by molar-refractivity contribution is 0.561. The molecular formula is C13H10BrClFN5. The summed E-state index contributed by atoms with van der Waals surface area (Å²) in [6.07, 6.45) is 6.59. The van der Waals surface area contributed by atoms with Crippen LogP contribution in [-0.2, 0) is 0 Å². The highest BCUT2D eigenvalue weighted by molar-refractivity contribution is 9.10. The van der Waals surface area contributed by atoms with Gasteiger partial charge in [-0.05, 0) is 22.0 Å². The summed E-state index contributed by atoms with van der Waals surface area (Å²) in [6, 6.07) is 2.71. The lowest BCUT2D eigenvalue weighted by Gasteiger charge is -2.17. The van der Waals surface area contributed by atoms with Gasteiger partial charge in [-0.2, -0.15) is 5.10 Å². The Bertz CT molecular complexity index is 806. The van der Waals surface area contributed by atoms with Gasteiger partial charge >= 0.3 is 0 Å². The minimum Gasteiger partial charge on any atom is -0.271 e. The number of hydrogen-bond acceptors (Lipinski definition) is 4. The number of aromatic nitrogens is 3. The van der Waals surface area contributed by atoms with Crippen LogP contribution in [0.15, 0.2) is 41.4 Å². The van der Waals surface area contributed by atoms with E-state index in [0.29, 0.717) is 15.6 Å². The predicted octanol–water partition coefficient (Wildman–Crippen LogP) is 2.84. The van der Waals surface area contributed by atoms with E-state index in [1.807, 2.05) is 0 Å². The molecule has 21 heavy (non-hydrogen) atoms. The van der Waals surface area contributed by atoms with Crippen LogP contribution in [0.3, 0.4) is 0 Å². The fourth-order valence-electron chi connectivity index (χ4n) is 2.19. The summed E-state index contributed by atoms with van der Waals surface area (Å²) in [4.78, 5) is 4.05. The number of fused-ring (bicyclic) bond motifs is 1. The number of hydrazine groups is 1. The zero-order valence-corrected chi connectivity index (χ0v) is 12.9. The first kappa shape index (κ1) is 14.4. The third-order valence-electron chi connectivity index (χ3n) is 3.21. The summed E-state index contributed by atoms with van der Waals surface area (Å²) in [5, 5.41) is 4.22. The maximum atomic E-state index is 14.4. The molecule has 0 fully saturated rings. The van der Waals surface area contributed by atoms with Gasteiger partial charge in [0.15, 0.2) is 0 Å². The van der Waals surface area contributed by atoms with Crippen LogP contribution in [0.1, 0.15) is 17.2 Å². The number of nitrogens with one attached hydrogen (secondary N) is 1. The van der Waals surface area contributed by atoms with Gasteiger partial charge in [-0.15, -0.1) is 0 Å². The van der Waals surface area contributed by atoms with Crippen LogP contribution >= 0.6 is 27.5 Å². The van der Waals surface area contributed by atoms with Gasteiger partial charge in [0.05, 0.1) is 29.0 Å². The zero-order chi connectivity index (χ0) is 15.0. The van der Waals surface area contributed by atoms with E-state index < -0.39 is 11.9 Å². The standard InChI is InChI=1S/C13H10BrClFN5/c14-9-2-1-7(12(16)11(9)15)13(20-17)8-5-19-21-4-3-18-6-10(8)21/h1-6,13,20H,17H2. The Kier molecular flexibility index (Phi) is 3.90. The molecule has 3 N–H and O–H groups in total. The lowest BCUT2D eigenvalue weighted by Crippen LogP contribution is -2.29. The number of hydrogen-bond donors (Lipinski definition) is 2. The molecule has 0 aliphatic heterocycles. The van der Waals surface area contributed by atoms with E-state index in [9.17, 15) is 4.39 Å². The highest BCUT2D eigenvalue weighted by Crippen LogP contribution is 2.33. The largest absolute Gasteiger partial charge is 0.271 e. The van der Waals surface area contributed by atoms with Crippen molar-refractivity contribution in [2.45, 2.75) is 6.04 Å². The first-order chi connectivity index (χ1) is 10.1. The average molecular weight is 371 g/mol. The minimum atomic E-state index is -0.586. The minimum absolute atomic E-state index is 0.0161. The van der Waals surface area contributed by atoms with Crippen LogP contribution < -0.4 is 11.3 Å². The molecule has 1 atom stereocenters. The quantitative estimate of drug-likeness (QED) is 0.423. The van der Waals surface area contributed by atoms with Crippen LogP contribution in [-0.4, -0.2) is 14.6 Å². The molecule has 8 heteroatoms. The van der Waals surface area contributed by atoms with E-state index in [4.69, 9.17) is 17.4 Å². The first-order valence-corrected chi connectivity index (χ1v) is 7.17. The Labute approximate surface area is 133 Å². The molecule has 1 unspecified atom stereocenters. The van der Waals surface area contributed by atoms with Crippen molar-refractivity contribution in [3.05, 3.63) is 63.4 Å². The van der Waals surface area contributed by atoms with E-state index in [-0.39, 0.29) is 5.02 Å². The molecule has 0 aliphatic rings. The Hall–Kier alpha value is -1.54. The lowest BCUT2D eigenvalue weighted by atomic mass is 10.0. The SMILES string of the molecule is NNC(c1ccc(Br)c(Cl)c1F)c1cnn2ccncc12. The molecule has 2 aromatic heterocycles. The van der Waals surface area contributed by atoms with Gasteiger partial charge < -0.3 is 0 Å². The fourth-order valence-corrected chi connectivity index (χ4v) is 2.66. The maximum Gasteiger partial charge on any atom is 0.148 e. The Morgan fingerprint density at radius 3 is 2.90 bits per heavy atom. The van der Waals surface area contributed by atoms with Crippen molar-refractivity contribution in [2.75, 3.05) is 0 Å². The number of nitrogens with zero attached hydrogens (tertiary/aromatic N) is 3. The summed E-state index contributed by atoms with van der Waals surface area (Å²) in [7, 11) is 0. The van der Waals surface area contributed by atoms with E-state index >= 15 is 0 Å². The van der Waals surface area contributed by atoms with Crippen LogP contribution in [0, 0.1) is 5.82 Å². The summed E-state index contributed by atoms with van der Waals surface area (Å²) < 4.78 is 16.5. The van der Waals surface area contributed by atoms with Crippen molar-refractivity contribution in [1.29, 1.82) is 0 Å². The monoisotopic (exact) mass is 369 g/mol. The third-order valence-corrected chi connectivity index (χ3v) is 4.47. The molecule has 0 spiro atoms. The molecule has 0 amide bonds. The summed E-state index contributed by atoms with van der Waals surface area (Å²) in [6.45, 7) is 0. The van der Waals surface area contributed by atoms with Gasteiger partial charge in [0, 0.05) is 28.0 Å². The highest BCUT2D eigenvalue weighted by atomic mass is 79.9. The number of rotatable bonds is 3. The van der Waals surface area contributed by atoms with Crippen LogP contribution in [0.2, 0.25) is 5.02 Å². The molecule has 108 valence electrons. The van der Waals surface area contributed by atoms with Gasteiger partial charge in [-0.1, -0.05) is 17.7 Å². The summed E-state index contributed by atoms with van der Waals surface area (Å²) in [5.41, 5.74) is 4.39. The van der Waals surface area contributed by atoms with E-state index in [0.717, 1.165) is 5.52 Å². The second-order valence-electron chi connectivity index (χ2n) is 4.37. The molecule has 3 aromatic rings. The normalized spacial score (nSPS) is 12.8. The van der Waals surface area contributed by atoms with Crippen molar-refractivity contribution in [2.24, 2.45) is 5.84 Å². The van der Waals surface area contributed by atoms with E-state index in [2.05, 4.69) is 31.4 Å². The Balaban J connectivity index is 2.17. The summed E-state index contributed by atoms with van der Waals surface area (Å²) >= 11 is 9.13. The van der Waals surface area contributed by atoms with Crippen LogP contribution in [0.4, 0.5) is 4.39 Å². The number of nitrogens with two attached hydrogens (primary N) is 1. The molecule has 0 saturated heterocycles. The smallest absolute Gasteiger partial charge is 0.148 e. The van der Waals surface area contributed by atoms with Crippen molar-refractivity contribution >= 4 is 33.0 Å². The van der Waals surface area contributed by atoms with Gasteiger partial charge in [0.25, 0.3) is 0 Å². The zero-order valence-electron chi connectivity index (χ0n) is 10.6. The summed E-state index contributed by atoms with van der Waals surface area (Å²) in [5.74, 6) is 5.08. The Morgan fingerprint density at radius 2 is 2.14 bits per heavy atom. The van der Waals surface area contributed by atoms with E-state index in [1.165, 1.54) is 0 Å². The first-order valence-electron chi connectivity index (χ1n) is 6.00. The number of halogens is 3. The molecule has 0 radical (unpaired) electrons. The highest BCUT2D eigenvalue weighted by Gasteiger charge is 2.22. The average Bonchev–Trinajstić information content (AvgIpc) is 2.92. The molecule has 0 aliphatic carbocycles. The van der Waals surface area contributed by atoms with Gasteiger partial charge in [0.2, 0.25) is 0 Å². The number of benzene rings is 1. The predicted molar refractivity (Wildman–Crippen MR) is 81.3 cm³/mol. The van der Waals surface area contributed by atoms with Crippen molar-refractivity contribution < 1.29 is 4.39 Å². The fraction of sp³-hybridized carbons (Fsp3) is 0.0769. The molecular weight excluding hydrogens is 361 g/mol. The van der Waals surface area contributed by atoms with Gasteiger partial charge in [-0.25, -0.2) is 14.3 Å². The molecule has 0 bridgehead atoms. The third kappa shape index (κ3) is 2.42. The van der Waals surface area contributed by atoms with Crippen LogP contribution in [0.25, 0.3) is 5.52 Å². The Morgan fingerprint density at radius 1 is 1.33 bits per heavy atom. The van der Waals surface area contributed by atoms with Crippen LogP contribution in [0.5, 0.6) is 0 Å². The maximum absolute atomic E-state index is 14.4. The molecule has 2 heterocycles. The topological polar surface area (TPSA) is 68.2 Å². The molecule has 1 aromatic carbocycles. The van der Waals surface area contributed by atoms with Crippen molar-refractivity contribution in [3.63, 3.8) is 0 Å². The molecule has 5 nitrogen and oxygen atoms in total. The van der Waals surface area contributed by atoms with Crippen molar-refractivity contribution in [1.82, 2.24) is 20.0 Å². The van der Waals surface area contributed by atoms with Gasteiger partial charge in [-0.3, -0.25) is 10.8 Å². The second-order valence-corrected chi connectivity index (χ2v) is 5.60. The molecule has 3 rings (SSSR count).